The average Bonchev–Trinajstić information content (AvgIpc) is 3.95. The topological polar surface area (TPSA) is 66.3 Å². The van der Waals surface area contributed by atoms with Crippen LogP contribution in [0.2, 0.25) is 0 Å². The van der Waals surface area contributed by atoms with E-state index in [1.807, 2.05) is 18.5 Å². The quantitative estimate of drug-likeness (QED) is 0.173. The monoisotopic (exact) mass is 705 g/mol. The van der Waals surface area contributed by atoms with Gasteiger partial charge in [0.2, 0.25) is 0 Å². The molecule has 5 aromatic heterocycles. The third-order valence-corrected chi connectivity index (χ3v) is 10.5. The van der Waals surface area contributed by atoms with E-state index in [0.29, 0.717) is 23.0 Å². The van der Waals surface area contributed by atoms with Crippen molar-refractivity contribution in [2.75, 3.05) is 0 Å². The second-order valence-corrected chi connectivity index (χ2v) is 13.6. The summed E-state index contributed by atoms with van der Waals surface area (Å²) >= 11 is 0. The van der Waals surface area contributed by atoms with Gasteiger partial charge in [-0.1, -0.05) is 115 Å². The zero-order chi connectivity index (χ0) is 36.3. The Morgan fingerprint density at radius 2 is 0.709 bits per heavy atom. The molecule has 7 nitrogen and oxygen atoms in total. The van der Waals surface area contributed by atoms with E-state index < -0.39 is 0 Å². The first-order valence-electron chi connectivity index (χ1n) is 18.3. The number of nitrogens with zero attached hydrogens (tertiary/aromatic N) is 7. The molecular formula is C48H31N7. The number of rotatable bonds is 6. The predicted octanol–water partition coefficient (Wildman–Crippen LogP) is 11.3. The first-order chi connectivity index (χ1) is 27.3. The van der Waals surface area contributed by atoms with Crippen LogP contribution >= 0.6 is 0 Å². The summed E-state index contributed by atoms with van der Waals surface area (Å²) in [5.41, 5.74) is 11.0. The lowest BCUT2D eigenvalue weighted by Gasteiger charge is -2.14. The van der Waals surface area contributed by atoms with Crippen molar-refractivity contribution >= 4 is 43.6 Å². The Balaban J connectivity index is 1.12. The van der Waals surface area contributed by atoms with Crippen LogP contribution in [0.25, 0.3) is 94.8 Å². The first kappa shape index (κ1) is 30.9. The fourth-order valence-electron chi connectivity index (χ4n) is 8.08. The lowest BCUT2D eigenvalue weighted by atomic mass is 10.1. The molecule has 0 spiro atoms. The van der Waals surface area contributed by atoms with Gasteiger partial charge in [0.05, 0.1) is 22.1 Å². The standard InChI is InChI=1S/C48H31N7/c1-2-13-32(14-3-1)33-15-12-16-34(29-33)55-47(41-30-35(25-27-49-41)53-43-21-8-4-17-37(43)38-18-5-9-22-44(38)53)51-52-48(55)42-31-36(26-28-50-42)54-45-23-10-6-19-39(45)40-20-7-11-24-46(40)54/h1-31H. The van der Waals surface area contributed by atoms with Crippen molar-refractivity contribution in [3.63, 3.8) is 0 Å². The van der Waals surface area contributed by atoms with E-state index in [1.165, 1.54) is 21.5 Å². The summed E-state index contributed by atoms with van der Waals surface area (Å²) in [4.78, 5) is 9.84. The van der Waals surface area contributed by atoms with Gasteiger partial charge >= 0.3 is 0 Å². The van der Waals surface area contributed by atoms with Crippen LogP contribution in [-0.2, 0) is 0 Å². The van der Waals surface area contributed by atoms with E-state index >= 15 is 0 Å². The molecule has 0 aliphatic carbocycles. The SMILES string of the molecule is c1ccc(-c2cccc(-n3c(-c4cc(-n5c6ccccc6c6ccccc65)ccn4)nnc3-c3cc(-n4c5ccccc5c5ccccc54)ccn3)c2)cc1. The van der Waals surface area contributed by atoms with Crippen molar-refractivity contribution in [2.24, 2.45) is 0 Å². The van der Waals surface area contributed by atoms with E-state index in [-0.39, 0.29) is 0 Å². The maximum atomic E-state index is 4.92. The summed E-state index contributed by atoms with van der Waals surface area (Å²) in [5.74, 6) is 1.23. The largest absolute Gasteiger partial charge is 0.309 e. The number of hydrogen-bond donors (Lipinski definition) is 0. The van der Waals surface area contributed by atoms with Crippen molar-refractivity contribution in [3.8, 4) is 51.2 Å². The summed E-state index contributed by atoms with van der Waals surface area (Å²) in [6.07, 6.45) is 3.71. The second kappa shape index (κ2) is 12.5. The van der Waals surface area contributed by atoms with Gasteiger partial charge in [-0.25, -0.2) is 0 Å². The highest BCUT2D eigenvalue weighted by atomic mass is 15.3. The number of para-hydroxylation sites is 4. The number of benzene rings is 6. The summed E-state index contributed by atoms with van der Waals surface area (Å²) < 4.78 is 6.68. The normalized spacial score (nSPS) is 11.6. The Bertz CT molecular complexity index is 2940. The third-order valence-electron chi connectivity index (χ3n) is 10.5. The van der Waals surface area contributed by atoms with E-state index in [4.69, 9.17) is 20.2 Å². The molecule has 7 heteroatoms. The van der Waals surface area contributed by atoms with Crippen molar-refractivity contribution in [1.29, 1.82) is 0 Å². The molecule has 0 atom stereocenters. The van der Waals surface area contributed by atoms with Crippen LogP contribution in [0, 0.1) is 0 Å². The molecule has 0 amide bonds. The number of pyridine rings is 2. The molecule has 0 saturated heterocycles. The molecule has 0 unspecified atom stereocenters. The van der Waals surface area contributed by atoms with Crippen molar-refractivity contribution in [1.82, 2.24) is 33.9 Å². The van der Waals surface area contributed by atoms with Gasteiger partial charge in [0, 0.05) is 51.0 Å². The highest BCUT2D eigenvalue weighted by molar-refractivity contribution is 6.10. The van der Waals surface area contributed by atoms with Gasteiger partial charge in [0.25, 0.3) is 0 Å². The van der Waals surface area contributed by atoms with Crippen LogP contribution in [0.4, 0.5) is 0 Å². The maximum absolute atomic E-state index is 4.92. The van der Waals surface area contributed by atoms with Crippen LogP contribution < -0.4 is 0 Å². The Kier molecular flexibility index (Phi) is 7.03. The Morgan fingerprint density at radius 1 is 0.309 bits per heavy atom. The second-order valence-electron chi connectivity index (χ2n) is 13.6. The summed E-state index contributed by atoms with van der Waals surface area (Å²) in [5, 5.41) is 14.6. The molecule has 0 aliphatic rings. The van der Waals surface area contributed by atoms with Gasteiger partial charge in [0.1, 0.15) is 11.4 Å². The van der Waals surface area contributed by atoms with Crippen LogP contribution in [0.5, 0.6) is 0 Å². The van der Waals surface area contributed by atoms with E-state index in [1.54, 1.807) is 0 Å². The van der Waals surface area contributed by atoms with Gasteiger partial charge in [-0.2, -0.15) is 0 Å². The molecule has 0 bridgehead atoms. The highest BCUT2D eigenvalue weighted by Gasteiger charge is 2.22. The predicted molar refractivity (Wildman–Crippen MR) is 222 cm³/mol. The molecule has 0 N–H and O–H groups in total. The van der Waals surface area contributed by atoms with Gasteiger partial charge in [0.15, 0.2) is 11.6 Å². The fourth-order valence-corrected chi connectivity index (χ4v) is 8.08. The zero-order valence-electron chi connectivity index (χ0n) is 29.5. The number of aromatic nitrogens is 7. The molecule has 258 valence electrons. The summed E-state index contributed by atoms with van der Waals surface area (Å²) in [7, 11) is 0. The number of hydrogen-bond acceptors (Lipinski definition) is 4. The molecule has 11 aromatic rings. The van der Waals surface area contributed by atoms with Gasteiger partial charge < -0.3 is 9.13 Å². The van der Waals surface area contributed by atoms with Gasteiger partial charge in [-0.3, -0.25) is 14.5 Å². The molecule has 0 fully saturated rings. The van der Waals surface area contributed by atoms with Crippen molar-refractivity contribution in [3.05, 3.63) is 188 Å². The highest BCUT2D eigenvalue weighted by Crippen LogP contribution is 2.36. The lowest BCUT2D eigenvalue weighted by Crippen LogP contribution is -2.04. The minimum Gasteiger partial charge on any atom is -0.309 e. The van der Waals surface area contributed by atoms with E-state index in [2.05, 4.69) is 184 Å². The number of fused-ring (bicyclic) bond motifs is 6. The Labute approximate surface area is 316 Å². The van der Waals surface area contributed by atoms with E-state index in [0.717, 1.165) is 50.3 Å². The minimum atomic E-state index is 0.617. The third kappa shape index (κ3) is 4.98. The average molecular weight is 706 g/mol. The van der Waals surface area contributed by atoms with Crippen LogP contribution in [-0.4, -0.2) is 33.9 Å². The fraction of sp³-hybridized carbons (Fsp3) is 0. The van der Waals surface area contributed by atoms with E-state index in [9.17, 15) is 0 Å². The molecule has 5 heterocycles. The lowest BCUT2D eigenvalue weighted by molar-refractivity contribution is 1.04. The van der Waals surface area contributed by atoms with Crippen LogP contribution in [0.1, 0.15) is 0 Å². The molecule has 0 radical (unpaired) electrons. The van der Waals surface area contributed by atoms with Gasteiger partial charge in [-0.05, 0) is 71.8 Å². The first-order valence-corrected chi connectivity index (χ1v) is 18.3. The zero-order valence-corrected chi connectivity index (χ0v) is 29.5. The van der Waals surface area contributed by atoms with Gasteiger partial charge in [-0.15, -0.1) is 10.2 Å². The minimum absolute atomic E-state index is 0.617. The molecule has 11 rings (SSSR count). The van der Waals surface area contributed by atoms with Crippen LogP contribution in [0.15, 0.2) is 188 Å². The molecule has 0 saturated carbocycles. The van der Waals surface area contributed by atoms with Crippen LogP contribution in [0.3, 0.4) is 0 Å². The maximum Gasteiger partial charge on any atom is 0.187 e. The Morgan fingerprint density at radius 3 is 1.18 bits per heavy atom. The Hall–Kier alpha value is -7.64. The summed E-state index contributed by atoms with van der Waals surface area (Å²) in [6.45, 7) is 0. The molecule has 0 aliphatic heterocycles. The smallest absolute Gasteiger partial charge is 0.187 e. The molecular weight excluding hydrogens is 675 g/mol. The van der Waals surface area contributed by atoms with Crippen molar-refractivity contribution in [2.45, 2.75) is 0 Å². The molecule has 6 aromatic carbocycles. The molecule has 55 heavy (non-hydrogen) atoms. The van der Waals surface area contributed by atoms with Crippen molar-refractivity contribution < 1.29 is 0 Å². The summed E-state index contributed by atoms with van der Waals surface area (Å²) in [6, 6.07) is 61.3.